The molecule has 346 valence electrons. The molecule has 0 aromatic carbocycles. The Morgan fingerprint density at radius 2 is 0.933 bits per heavy atom. The van der Waals surface area contributed by atoms with Gasteiger partial charge in [-0.2, -0.15) is 0 Å². The number of carbonyl (C=O) groups excluding carboxylic acids is 1. The number of hydrogen-bond donors (Lipinski definition) is 2. The summed E-state index contributed by atoms with van der Waals surface area (Å²) in [6.45, 7) is 4.73. The SMILES string of the molecule is CC/C=C\C/C=C\C/C=C\C/C=C\CCCCCCCOCC(COP(=O)(O)OCCN)OC(=O)CCCCCCCCCC/C=C\C/C=C\C/C=C\CCCCCCC. The Balaban J connectivity index is 4.05. The molecule has 0 rings (SSSR count). The van der Waals surface area contributed by atoms with Crippen molar-refractivity contribution < 1.29 is 32.8 Å². The van der Waals surface area contributed by atoms with Crippen LogP contribution < -0.4 is 5.73 Å². The highest BCUT2D eigenvalue weighted by Gasteiger charge is 2.25. The van der Waals surface area contributed by atoms with Crippen molar-refractivity contribution in [3.63, 3.8) is 0 Å². The molecule has 0 radical (unpaired) electrons. The van der Waals surface area contributed by atoms with Crippen LogP contribution in [-0.2, 0) is 27.9 Å². The molecule has 0 amide bonds. The highest BCUT2D eigenvalue weighted by Crippen LogP contribution is 2.43. The molecule has 0 aliphatic carbocycles. The van der Waals surface area contributed by atoms with Gasteiger partial charge in [0.25, 0.3) is 0 Å². The summed E-state index contributed by atoms with van der Waals surface area (Å²) in [5.41, 5.74) is 5.38. The average Bonchev–Trinajstić information content (AvgIpc) is 3.24. The summed E-state index contributed by atoms with van der Waals surface area (Å²) < 4.78 is 33.5. The molecule has 2 atom stereocenters. The van der Waals surface area contributed by atoms with Crippen molar-refractivity contribution >= 4 is 13.8 Å². The van der Waals surface area contributed by atoms with E-state index in [-0.39, 0.29) is 32.3 Å². The number of rotatable bonds is 45. The van der Waals surface area contributed by atoms with Crippen LogP contribution in [0.15, 0.2) is 85.1 Å². The third kappa shape index (κ3) is 46.7. The van der Waals surface area contributed by atoms with Crippen molar-refractivity contribution in [2.45, 2.75) is 200 Å². The summed E-state index contributed by atoms with van der Waals surface area (Å²) in [5, 5.41) is 0. The van der Waals surface area contributed by atoms with Crippen molar-refractivity contribution in [3.05, 3.63) is 85.1 Å². The van der Waals surface area contributed by atoms with E-state index >= 15 is 0 Å². The minimum absolute atomic E-state index is 0.0910. The summed E-state index contributed by atoms with van der Waals surface area (Å²) in [6.07, 6.45) is 61.8. The number of phosphoric acid groups is 1. The number of nitrogens with two attached hydrogens (primary N) is 1. The van der Waals surface area contributed by atoms with Gasteiger partial charge in [0.2, 0.25) is 0 Å². The fourth-order valence-corrected chi connectivity index (χ4v) is 7.05. The molecule has 0 aromatic heterocycles. The van der Waals surface area contributed by atoms with Crippen LogP contribution >= 0.6 is 7.82 Å². The zero-order chi connectivity index (χ0) is 43.7. The second-order valence-corrected chi connectivity index (χ2v) is 17.0. The van der Waals surface area contributed by atoms with Gasteiger partial charge in [-0.05, 0) is 89.9 Å². The lowest BCUT2D eigenvalue weighted by molar-refractivity contribution is -0.154. The molecular formula is C51H90NO7P. The lowest BCUT2D eigenvalue weighted by atomic mass is 10.1. The Hall–Kier alpha value is -2.32. The Morgan fingerprint density at radius 3 is 1.40 bits per heavy atom. The number of ether oxygens (including phenoxy) is 2. The highest BCUT2D eigenvalue weighted by atomic mass is 31.2. The van der Waals surface area contributed by atoms with Gasteiger partial charge in [0.15, 0.2) is 0 Å². The zero-order valence-corrected chi connectivity index (χ0v) is 39.3. The molecule has 0 saturated carbocycles. The third-order valence-corrected chi connectivity index (χ3v) is 10.8. The quantitative estimate of drug-likeness (QED) is 0.0269. The second-order valence-electron chi connectivity index (χ2n) is 15.6. The maximum atomic E-state index is 12.6. The van der Waals surface area contributed by atoms with Crippen LogP contribution in [0.1, 0.15) is 194 Å². The highest BCUT2D eigenvalue weighted by molar-refractivity contribution is 7.47. The van der Waals surface area contributed by atoms with Crippen LogP contribution in [0.25, 0.3) is 0 Å². The minimum Gasteiger partial charge on any atom is -0.457 e. The van der Waals surface area contributed by atoms with Crippen LogP contribution in [0.3, 0.4) is 0 Å². The molecule has 2 unspecified atom stereocenters. The number of allylic oxidation sites excluding steroid dienone is 14. The van der Waals surface area contributed by atoms with Gasteiger partial charge in [0, 0.05) is 19.6 Å². The first kappa shape index (κ1) is 57.7. The maximum Gasteiger partial charge on any atom is 0.472 e. The monoisotopic (exact) mass is 860 g/mol. The van der Waals surface area contributed by atoms with Gasteiger partial charge in [-0.1, -0.05) is 182 Å². The predicted molar refractivity (Wildman–Crippen MR) is 256 cm³/mol. The summed E-state index contributed by atoms with van der Waals surface area (Å²) in [5.74, 6) is -0.347. The third-order valence-electron chi connectivity index (χ3n) is 9.80. The fourth-order valence-electron chi connectivity index (χ4n) is 6.29. The molecule has 9 heteroatoms. The van der Waals surface area contributed by atoms with Gasteiger partial charge in [-0.25, -0.2) is 4.57 Å². The van der Waals surface area contributed by atoms with E-state index in [0.29, 0.717) is 13.0 Å². The molecule has 0 fully saturated rings. The number of unbranched alkanes of at least 4 members (excludes halogenated alkanes) is 18. The van der Waals surface area contributed by atoms with Crippen molar-refractivity contribution in [2.75, 3.05) is 33.0 Å². The van der Waals surface area contributed by atoms with E-state index in [0.717, 1.165) is 89.9 Å². The summed E-state index contributed by atoms with van der Waals surface area (Å²) in [7, 11) is -4.29. The largest absolute Gasteiger partial charge is 0.472 e. The maximum absolute atomic E-state index is 12.6. The number of carbonyl (C=O) groups is 1. The van der Waals surface area contributed by atoms with Crippen molar-refractivity contribution in [1.29, 1.82) is 0 Å². The molecule has 0 aromatic rings. The van der Waals surface area contributed by atoms with E-state index in [4.69, 9.17) is 24.3 Å². The molecule has 60 heavy (non-hydrogen) atoms. The normalized spacial score (nSPS) is 14.1. The van der Waals surface area contributed by atoms with Gasteiger partial charge < -0.3 is 20.1 Å². The summed E-state index contributed by atoms with van der Waals surface area (Å²) in [6, 6.07) is 0. The number of esters is 1. The van der Waals surface area contributed by atoms with Gasteiger partial charge >= 0.3 is 13.8 Å². The van der Waals surface area contributed by atoms with Gasteiger partial charge in [-0.15, -0.1) is 0 Å². The summed E-state index contributed by atoms with van der Waals surface area (Å²) >= 11 is 0. The van der Waals surface area contributed by atoms with E-state index in [1.807, 2.05) is 0 Å². The van der Waals surface area contributed by atoms with Crippen LogP contribution in [0, 0.1) is 0 Å². The molecule has 0 spiro atoms. The number of phosphoric ester groups is 1. The van der Waals surface area contributed by atoms with Crippen molar-refractivity contribution in [2.24, 2.45) is 5.73 Å². The van der Waals surface area contributed by atoms with E-state index in [9.17, 15) is 14.3 Å². The minimum atomic E-state index is -4.29. The first-order valence-electron chi connectivity index (χ1n) is 24.1. The van der Waals surface area contributed by atoms with Crippen LogP contribution in [0.2, 0.25) is 0 Å². The van der Waals surface area contributed by atoms with Crippen LogP contribution in [0.4, 0.5) is 0 Å². The second kappa shape index (κ2) is 47.7. The first-order valence-corrected chi connectivity index (χ1v) is 25.6. The standard InChI is InChI=1S/C51H90NO7P/c1-3-5-7-9-11-13-15-17-19-21-23-24-25-26-27-28-30-32-34-36-38-40-42-44-51(53)59-50(49-58-60(54,55)57-47-45-52)48-56-46-43-41-39-37-35-33-31-29-22-20-18-16-14-12-10-8-6-4-2/h6,8,12,14-15,17-18,20-21,23,25-26,29,31,50H,3-5,7,9-11,13,16,19,22,24,27-28,30,32-49,52H2,1-2H3,(H,54,55)/b8-6-,14-12-,17-15-,20-18-,23-21-,26-25-,31-29-. The van der Waals surface area contributed by atoms with E-state index in [1.54, 1.807) is 0 Å². The summed E-state index contributed by atoms with van der Waals surface area (Å²) in [4.78, 5) is 22.6. The van der Waals surface area contributed by atoms with E-state index in [1.165, 1.54) is 83.5 Å². The Labute approximate surface area is 368 Å². The van der Waals surface area contributed by atoms with Crippen LogP contribution in [0.5, 0.6) is 0 Å². The molecule has 3 N–H and O–H groups in total. The molecule has 0 aliphatic heterocycles. The lowest BCUT2D eigenvalue weighted by Crippen LogP contribution is -2.28. The van der Waals surface area contributed by atoms with Crippen LogP contribution in [-0.4, -0.2) is 49.9 Å². The predicted octanol–water partition coefficient (Wildman–Crippen LogP) is 14.9. The number of hydrogen-bond acceptors (Lipinski definition) is 7. The molecule has 0 heterocycles. The lowest BCUT2D eigenvalue weighted by Gasteiger charge is -2.20. The van der Waals surface area contributed by atoms with Crippen molar-refractivity contribution in [1.82, 2.24) is 0 Å². The smallest absolute Gasteiger partial charge is 0.457 e. The van der Waals surface area contributed by atoms with Gasteiger partial charge in [0.1, 0.15) is 6.10 Å². The Bertz CT molecular complexity index is 1190. The molecule has 8 nitrogen and oxygen atoms in total. The van der Waals surface area contributed by atoms with Gasteiger partial charge in [0.05, 0.1) is 19.8 Å². The van der Waals surface area contributed by atoms with E-state index in [2.05, 4.69) is 98.9 Å². The molecule has 0 saturated heterocycles. The van der Waals surface area contributed by atoms with Crippen molar-refractivity contribution in [3.8, 4) is 0 Å². The Kier molecular flexibility index (Phi) is 45.9. The molecule has 0 bridgehead atoms. The van der Waals surface area contributed by atoms with Gasteiger partial charge in [-0.3, -0.25) is 13.8 Å². The van der Waals surface area contributed by atoms with E-state index < -0.39 is 13.9 Å². The Morgan fingerprint density at radius 1 is 0.517 bits per heavy atom. The zero-order valence-electron chi connectivity index (χ0n) is 38.4. The first-order chi connectivity index (χ1) is 29.4. The molecule has 0 aliphatic rings. The molecular weight excluding hydrogens is 770 g/mol. The average molecular weight is 860 g/mol. The fraction of sp³-hybridized carbons (Fsp3) is 0.706. The topological polar surface area (TPSA) is 117 Å².